The third kappa shape index (κ3) is 4.04. The van der Waals surface area contributed by atoms with Gasteiger partial charge in [-0.2, -0.15) is 10.2 Å². The molecule has 7 nitrogen and oxygen atoms in total. The summed E-state index contributed by atoms with van der Waals surface area (Å²) in [5, 5.41) is 8.77. The molecule has 0 spiro atoms. The number of benzene rings is 1. The van der Waals surface area contributed by atoms with E-state index in [0.717, 1.165) is 22.9 Å². The lowest BCUT2D eigenvalue weighted by molar-refractivity contribution is 0.575. The van der Waals surface area contributed by atoms with E-state index in [2.05, 4.69) is 33.2 Å². The van der Waals surface area contributed by atoms with Gasteiger partial charge in [0.2, 0.25) is 0 Å². The summed E-state index contributed by atoms with van der Waals surface area (Å²) in [5.74, 6) is 0.436. The topological polar surface area (TPSA) is 74.3 Å². The highest BCUT2D eigenvalue weighted by molar-refractivity contribution is 7.15. The van der Waals surface area contributed by atoms with Crippen molar-refractivity contribution in [2.24, 2.45) is 0 Å². The van der Waals surface area contributed by atoms with Gasteiger partial charge in [-0.15, -0.1) is 11.3 Å². The number of aryl methyl sites for hydroxylation is 1. The molecule has 4 aromatic heterocycles. The Balaban J connectivity index is 1.59. The number of halogens is 2. The van der Waals surface area contributed by atoms with Crippen molar-refractivity contribution in [2.75, 3.05) is 0 Å². The van der Waals surface area contributed by atoms with Gasteiger partial charge in [0.05, 0.1) is 11.4 Å². The molecule has 0 N–H and O–H groups in total. The van der Waals surface area contributed by atoms with Gasteiger partial charge >= 0.3 is 0 Å². The summed E-state index contributed by atoms with van der Waals surface area (Å²) in [6.45, 7) is 2.27. The van der Waals surface area contributed by atoms with Crippen LogP contribution in [0.3, 0.4) is 0 Å². The van der Waals surface area contributed by atoms with Crippen LogP contribution in [0, 0.1) is 11.6 Å². The number of thiophene rings is 1. The fourth-order valence-corrected chi connectivity index (χ4v) is 4.27. The van der Waals surface area contributed by atoms with Crippen molar-refractivity contribution in [2.45, 2.75) is 19.9 Å². The van der Waals surface area contributed by atoms with Crippen molar-refractivity contribution < 1.29 is 8.78 Å². The minimum absolute atomic E-state index is 0.178. The van der Waals surface area contributed by atoms with Gasteiger partial charge < -0.3 is 0 Å². The maximum absolute atomic E-state index is 13.7. The molecule has 0 aliphatic carbocycles. The Morgan fingerprint density at radius 2 is 1.88 bits per heavy atom. The SMILES string of the molecule is CCc1ccc(-c2nc(-c3ccnc(-n4cncn4)c3)nn2Cc2cc(F)cc(F)c2)s1. The second-order valence-corrected chi connectivity index (χ2v) is 8.22. The summed E-state index contributed by atoms with van der Waals surface area (Å²) in [4.78, 5) is 15.2. The third-order valence-corrected chi connectivity index (χ3v) is 6.04. The quantitative estimate of drug-likeness (QED) is 0.381. The molecule has 0 saturated carbocycles. The second kappa shape index (κ2) is 8.39. The van der Waals surface area contributed by atoms with Gasteiger partial charge in [0.25, 0.3) is 0 Å². The molecule has 0 aliphatic rings. The Bertz CT molecular complexity index is 1350. The summed E-state index contributed by atoms with van der Waals surface area (Å²) in [6, 6.07) is 11.1. The second-order valence-electron chi connectivity index (χ2n) is 7.06. The predicted molar refractivity (Wildman–Crippen MR) is 116 cm³/mol. The van der Waals surface area contributed by atoms with Crippen molar-refractivity contribution in [1.82, 2.24) is 34.5 Å². The molecule has 0 radical (unpaired) electrons. The number of nitrogens with zero attached hydrogens (tertiary/aromatic N) is 7. The smallest absolute Gasteiger partial charge is 0.181 e. The van der Waals surface area contributed by atoms with Gasteiger partial charge in [0.15, 0.2) is 17.5 Å². The Hall–Kier alpha value is -3.79. The van der Waals surface area contributed by atoms with Crippen LogP contribution >= 0.6 is 11.3 Å². The molecule has 0 atom stereocenters. The van der Waals surface area contributed by atoms with Crippen molar-refractivity contribution in [3.05, 3.63) is 83.4 Å². The minimum atomic E-state index is -0.627. The summed E-state index contributed by atoms with van der Waals surface area (Å²) in [7, 11) is 0. The predicted octanol–water partition coefficient (Wildman–Crippen LogP) is 4.54. The standard InChI is InChI=1S/C22H17F2N7S/c1-2-18-3-4-19(32-18)22-28-21(15-5-6-26-20(9-15)31-13-25-12-27-31)29-30(22)11-14-7-16(23)10-17(24)8-14/h3-10,12-13H,2,11H2,1H3. The van der Waals surface area contributed by atoms with E-state index >= 15 is 0 Å². The molecule has 160 valence electrons. The number of rotatable bonds is 6. The molecule has 4 heterocycles. The molecule has 10 heteroatoms. The summed E-state index contributed by atoms with van der Waals surface area (Å²) in [6.07, 6.45) is 5.54. The van der Waals surface area contributed by atoms with E-state index in [0.29, 0.717) is 23.0 Å². The molecule has 0 fully saturated rings. The van der Waals surface area contributed by atoms with Crippen LogP contribution in [0.15, 0.2) is 61.3 Å². The van der Waals surface area contributed by atoms with Crippen molar-refractivity contribution in [1.29, 1.82) is 0 Å². The van der Waals surface area contributed by atoms with E-state index in [1.54, 1.807) is 39.3 Å². The number of hydrogen-bond acceptors (Lipinski definition) is 6. The van der Waals surface area contributed by atoms with Gasteiger partial charge in [-0.3, -0.25) is 0 Å². The maximum Gasteiger partial charge on any atom is 0.181 e. The fourth-order valence-electron chi connectivity index (χ4n) is 3.33. The number of aromatic nitrogens is 7. The molecular formula is C22H17F2N7S. The van der Waals surface area contributed by atoms with Crippen LogP contribution in [0.1, 0.15) is 17.4 Å². The van der Waals surface area contributed by atoms with E-state index in [1.807, 2.05) is 12.1 Å². The molecule has 0 aliphatic heterocycles. The van der Waals surface area contributed by atoms with E-state index in [1.165, 1.54) is 23.3 Å². The van der Waals surface area contributed by atoms with Gasteiger partial charge in [-0.05, 0) is 48.4 Å². The molecule has 0 unspecified atom stereocenters. The molecule has 0 amide bonds. The Labute approximate surface area is 186 Å². The molecule has 32 heavy (non-hydrogen) atoms. The Morgan fingerprint density at radius 1 is 1.03 bits per heavy atom. The van der Waals surface area contributed by atoms with Gasteiger partial charge in [0.1, 0.15) is 24.3 Å². The van der Waals surface area contributed by atoms with Gasteiger partial charge in [-0.25, -0.2) is 33.1 Å². The monoisotopic (exact) mass is 449 g/mol. The normalized spacial score (nSPS) is 11.2. The van der Waals surface area contributed by atoms with Crippen LogP contribution in [0.4, 0.5) is 8.78 Å². The summed E-state index contributed by atoms with van der Waals surface area (Å²) in [5.41, 5.74) is 1.20. The van der Waals surface area contributed by atoms with Crippen molar-refractivity contribution in [3.8, 4) is 27.9 Å². The zero-order valence-electron chi connectivity index (χ0n) is 17.0. The highest BCUT2D eigenvalue weighted by Crippen LogP contribution is 2.30. The van der Waals surface area contributed by atoms with Crippen LogP contribution in [0.2, 0.25) is 0 Å². The van der Waals surface area contributed by atoms with Crippen LogP contribution in [0.5, 0.6) is 0 Å². The molecule has 5 aromatic rings. The third-order valence-electron chi connectivity index (χ3n) is 4.81. The van der Waals surface area contributed by atoms with E-state index < -0.39 is 11.6 Å². The lowest BCUT2D eigenvalue weighted by Gasteiger charge is -2.05. The first-order valence-electron chi connectivity index (χ1n) is 9.89. The zero-order chi connectivity index (χ0) is 22.1. The number of hydrogen-bond donors (Lipinski definition) is 0. The van der Waals surface area contributed by atoms with Crippen molar-refractivity contribution >= 4 is 11.3 Å². The summed E-state index contributed by atoms with van der Waals surface area (Å²) < 4.78 is 30.7. The zero-order valence-corrected chi connectivity index (χ0v) is 17.8. The highest BCUT2D eigenvalue weighted by atomic mass is 32.1. The average molecular weight is 449 g/mol. The van der Waals surface area contributed by atoms with E-state index in [9.17, 15) is 8.78 Å². The minimum Gasteiger partial charge on any atom is -0.240 e. The maximum atomic E-state index is 13.7. The van der Waals surface area contributed by atoms with E-state index in [4.69, 9.17) is 4.98 Å². The molecule has 0 bridgehead atoms. The fraction of sp³-hybridized carbons (Fsp3) is 0.136. The van der Waals surface area contributed by atoms with Gasteiger partial charge in [0, 0.05) is 22.7 Å². The lowest BCUT2D eigenvalue weighted by atomic mass is 10.2. The van der Waals surface area contributed by atoms with Crippen LogP contribution in [-0.2, 0) is 13.0 Å². The number of pyridine rings is 1. The van der Waals surface area contributed by atoms with Crippen molar-refractivity contribution in [3.63, 3.8) is 0 Å². The average Bonchev–Trinajstić information content (AvgIpc) is 3.53. The molecular weight excluding hydrogens is 432 g/mol. The van der Waals surface area contributed by atoms with Crippen LogP contribution in [-0.4, -0.2) is 34.5 Å². The summed E-state index contributed by atoms with van der Waals surface area (Å²) >= 11 is 1.62. The molecule has 1 aromatic carbocycles. The Morgan fingerprint density at radius 3 is 2.59 bits per heavy atom. The first kappa shape index (κ1) is 20.1. The molecule has 5 rings (SSSR count). The van der Waals surface area contributed by atoms with Gasteiger partial charge in [-0.1, -0.05) is 6.92 Å². The largest absolute Gasteiger partial charge is 0.240 e. The van der Waals surface area contributed by atoms with Crippen LogP contribution < -0.4 is 0 Å². The lowest BCUT2D eigenvalue weighted by Crippen LogP contribution is -2.05. The molecule has 0 saturated heterocycles. The van der Waals surface area contributed by atoms with Crippen LogP contribution in [0.25, 0.3) is 27.9 Å². The first-order chi connectivity index (χ1) is 15.6. The Kier molecular flexibility index (Phi) is 5.28. The van der Waals surface area contributed by atoms with E-state index in [-0.39, 0.29) is 6.54 Å². The first-order valence-corrected chi connectivity index (χ1v) is 10.7. The highest BCUT2D eigenvalue weighted by Gasteiger charge is 2.17.